The Hall–Kier alpha value is -0.420. The van der Waals surface area contributed by atoms with Crippen LogP contribution in [0.25, 0.3) is 0 Å². The number of aliphatic hydroxyl groups is 1. The van der Waals surface area contributed by atoms with Gasteiger partial charge in [0.05, 0.1) is 6.61 Å². The Morgan fingerprint density at radius 3 is 2.57 bits per heavy atom. The predicted molar refractivity (Wildman–Crippen MR) is 60.8 cm³/mol. The molecule has 0 saturated heterocycles. The van der Waals surface area contributed by atoms with E-state index in [0.717, 1.165) is 12.2 Å². The molecule has 1 atom stereocenters. The summed E-state index contributed by atoms with van der Waals surface area (Å²) in [6, 6.07) is 0. The first-order valence-corrected chi connectivity index (χ1v) is 5.69. The Morgan fingerprint density at radius 1 is 1.57 bits per heavy atom. The van der Waals surface area contributed by atoms with Crippen molar-refractivity contribution in [3.63, 3.8) is 0 Å². The Balaban J connectivity index is 3.88. The van der Waals surface area contributed by atoms with Gasteiger partial charge in [-0.3, -0.25) is 0 Å². The fourth-order valence-corrected chi connectivity index (χ4v) is 1.97. The molecule has 0 aromatic rings. The molecule has 0 aromatic heterocycles. The summed E-state index contributed by atoms with van der Waals surface area (Å²) in [6.45, 7) is 6.04. The van der Waals surface area contributed by atoms with Crippen LogP contribution in [0.3, 0.4) is 0 Å². The second-order valence-electron chi connectivity index (χ2n) is 3.98. The number of hydrogen-bond acceptors (Lipinski definition) is 4. The molecule has 0 spiro atoms. The summed E-state index contributed by atoms with van der Waals surface area (Å²) < 4.78 is 0. The Morgan fingerprint density at radius 2 is 2.14 bits per heavy atom. The largest absolute Gasteiger partial charge is 0.409 e. The Labute approximate surface area is 89.6 Å². The first-order valence-electron chi connectivity index (χ1n) is 4.64. The fraction of sp³-hybridized carbons (Fsp3) is 0.889. The van der Waals surface area contributed by atoms with Crippen molar-refractivity contribution in [3.05, 3.63) is 0 Å². The molecule has 5 heteroatoms. The van der Waals surface area contributed by atoms with Crippen LogP contribution < -0.4 is 5.73 Å². The molecule has 0 amide bonds. The lowest BCUT2D eigenvalue weighted by Gasteiger charge is -2.22. The van der Waals surface area contributed by atoms with E-state index in [1.54, 1.807) is 11.8 Å². The number of rotatable bonds is 6. The zero-order chi connectivity index (χ0) is 11.2. The summed E-state index contributed by atoms with van der Waals surface area (Å²) in [5.74, 6) is 1.15. The van der Waals surface area contributed by atoms with Gasteiger partial charge < -0.3 is 16.0 Å². The number of thioether (sulfide) groups is 1. The van der Waals surface area contributed by atoms with Gasteiger partial charge in [-0.1, -0.05) is 25.9 Å². The van der Waals surface area contributed by atoms with Gasteiger partial charge in [0.2, 0.25) is 0 Å². The molecule has 4 nitrogen and oxygen atoms in total. The third-order valence-corrected chi connectivity index (χ3v) is 3.35. The van der Waals surface area contributed by atoms with Crippen molar-refractivity contribution in [1.29, 1.82) is 0 Å². The lowest BCUT2D eigenvalue weighted by molar-refractivity contribution is 0.299. The van der Waals surface area contributed by atoms with Crippen LogP contribution in [0, 0.1) is 5.41 Å². The van der Waals surface area contributed by atoms with E-state index < -0.39 is 0 Å². The number of aliphatic hydroxyl groups excluding tert-OH is 1. The molecule has 0 rings (SSSR count). The highest BCUT2D eigenvalue weighted by atomic mass is 32.2. The van der Waals surface area contributed by atoms with Crippen LogP contribution in [-0.2, 0) is 0 Å². The number of oxime groups is 1. The third kappa shape index (κ3) is 4.72. The van der Waals surface area contributed by atoms with Gasteiger partial charge in [0.25, 0.3) is 0 Å². The standard InChI is InChI=1S/C9H20N2O2S/c1-7(6-12)14-5-4-9(2,3)8(10)11-13/h7,12-13H,4-6H2,1-3H3,(H2,10,11). The van der Waals surface area contributed by atoms with E-state index in [1.165, 1.54) is 0 Å². The van der Waals surface area contributed by atoms with Gasteiger partial charge in [0.15, 0.2) is 0 Å². The summed E-state index contributed by atoms with van der Waals surface area (Å²) in [5, 5.41) is 20.6. The average molecular weight is 220 g/mol. The molecule has 0 aliphatic heterocycles. The van der Waals surface area contributed by atoms with Crippen molar-refractivity contribution in [1.82, 2.24) is 0 Å². The Bertz CT molecular complexity index is 195. The second-order valence-corrected chi connectivity index (χ2v) is 5.53. The number of hydrogen-bond donors (Lipinski definition) is 3. The zero-order valence-electron chi connectivity index (χ0n) is 9.03. The van der Waals surface area contributed by atoms with Crippen molar-refractivity contribution in [3.8, 4) is 0 Å². The second kappa shape index (κ2) is 6.14. The zero-order valence-corrected chi connectivity index (χ0v) is 9.84. The maximum absolute atomic E-state index is 8.81. The average Bonchev–Trinajstić information content (AvgIpc) is 2.15. The number of amidine groups is 1. The van der Waals surface area contributed by atoms with E-state index in [9.17, 15) is 0 Å². The van der Waals surface area contributed by atoms with Gasteiger partial charge in [0, 0.05) is 10.7 Å². The van der Waals surface area contributed by atoms with E-state index in [1.807, 2.05) is 20.8 Å². The van der Waals surface area contributed by atoms with Crippen LogP contribution in [-0.4, -0.2) is 33.8 Å². The number of nitrogens with two attached hydrogens (primary N) is 1. The molecule has 0 heterocycles. The molecule has 14 heavy (non-hydrogen) atoms. The minimum Gasteiger partial charge on any atom is -0.409 e. The molecule has 0 aliphatic rings. The quantitative estimate of drug-likeness (QED) is 0.272. The molecular weight excluding hydrogens is 200 g/mol. The molecule has 84 valence electrons. The van der Waals surface area contributed by atoms with E-state index >= 15 is 0 Å². The first-order chi connectivity index (χ1) is 6.44. The third-order valence-electron chi connectivity index (χ3n) is 2.19. The summed E-state index contributed by atoms with van der Waals surface area (Å²) in [6.07, 6.45) is 0.831. The van der Waals surface area contributed by atoms with Crippen molar-refractivity contribution in [2.24, 2.45) is 16.3 Å². The molecule has 0 saturated carbocycles. The highest BCUT2D eigenvalue weighted by Crippen LogP contribution is 2.24. The lowest BCUT2D eigenvalue weighted by Crippen LogP contribution is -2.32. The smallest absolute Gasteiger partial charge is 0.144 e. The molecular formula is C9H20N2O2S. The molecule has 0 bridgehead atoms. The van der Waals surface area contributed by atoms with Gasteiger partial charge >= 0.3 is 0 Å². The van der Waals surface area contributed by atoms with Crippen molar-refractivity contribution < 1.29 is 10.3 Å². The SMILES string of the molecule is CC(CO)SCCC(C)(C)C(N)=NO. The van der Waals surface area contributed by atoms with Gasteiger partial charge in [-0.2, -0.15) is 11.8 Å². The normalized spacial score (nSPS) is 15.6. The minimum absolute atomic E-state index is 0.189. The Kier molecular flexibility index (Phi) is 5.95. The topological polar surface area (TPSA) is 78.8 Å². The lowest BCUT2D eigenvalue weighted by atomic mass is 9.89. The summed E-state index contributed by atoms with van der Waals surface area (Å²) in [4.78, 5) is 0. The molecule has 1 unspecified atom stereocenters. The van der Waals surface area contributed by atoms with E-state index in [0.29, 0.717) is 0 Å². The maximum atomic E-state index is 8.81. The predicted octanol–water partition coefficient (Wildman–Crippen LogP) is 1.26. The summed E-state index contributed by atoms with van der Waals surface area (Å²) in [7, 11) is 0. The van der Waals surface area contributed by atoms with Crippen LogP contribution in [0.15, 0.2) is 5.16 Å². The van der Waals surface area contributed by atoms with E-state index in [-0.39, 0.29) is 23.1 Å². The van der Waals surface area contributed by atoms with E-state index in [4.69, 9.17) is 16.0 Å². The first kappa shape index (κ1) is 13.6. The number of nitrogens with zero attached hydrogens (tertiary/aromatic N) is 1. The molecule has 0 radical (unpaired) electrons. The fourth-order valence-electron chi connectivity index (χ4n) is 0.831. The van der Waals surface area contributed by atoms with Crippen LogP contribution in [0.5, 0.6) is 0 Å². The highest BCUT2D eigenvalue weighted by Gasteiger charge is 2.23. The van der Waals surface area contributed by atoms with Crippen molar-refractivity contribution in [2.75, 3.05) is 12.4 Å². The van der Waals surface area contributed by atoms with E-state index in [2.05, 4.69) is 5.16 Å². The van der Waals surface area contributed by atoms with Crippen molar-refractivity contribution in [2.45, 2.75) is 32.4 Å². The summed E-state index contributed by atoms with van der Waals surface area (Å²) >= 11 is 1.69. The molecule has 4 N–H and O–H groups in total. The van der Waals surface area contributed by atoms with Crippen LogP contribution in [0.1, 0.15) is 27.2 Å². The summed E-state index contributed by atoms with van der Waals surface area (Å²) in [5.41, 5.74) is 5.26. The van der Waals surface area contributed by atoms with Crippen LogP contribution in [0.4, 0.5) is 0 Å². The van der Waals surface area contributed by atoms with Gasteiger partial charge in [-0.25, -0.2) is 0 Å². The molecule has 0 fully saturated rings. The molecule has 0 aliphatic carbocycles. The minimum atomic E-state index is -0.281. The maximum Gasteiger partial charge on any atom is 0.144 e. The molecule has 0 aromatic carbocycles. The van der Waals surface area contributed by atoms with Crippen molar-refractivity contribution >= 4 is 17.6 Å². The highest BCUT2D eigenvalue weighted by molar-refractivity contribution is 7.99. The van der Waals surface area contributed by atoms with Crippen LogP contribution >= 0.6 is 11.8 Å². The monoisotopic (exact) mass is 220 g/mol. The van der Waals surface area contributed by atoms with Gasteiger partial charge in [-0.15, -0.1) is 0 Å². The van der Waals surface area contributed by atoms with Crippen LogP contribution in [0.2, 0.25) is 0 Å². The van der Waals surface area contributed by atoms with Gasteiger partial charge in [-0.05, 0) is 12.2 Å². The van der Waals surface area contributed by atoms with Gasteiger partial charge in [0.1, 0.15) is 5.84 Å².